The van der Waals surface area contributed by atoms with Crippen LogP contribution in [-0.4, -0.2) is 19.7 Å². The molecule has 0 atom stereocenters. The van der Waals surface area contributed by atoms with Gasteiger partial charge < -0.3 is 10.5 Å². The van der Waals surface area contributed by atoms with E-state index in [1.165, 1.54) is 6.33 Å². The molecule has 0 saturated heterocycles. The second-order valence-corrected chi connectivity index (χ2v) is 3.62. The van der Waals surface area contributed by atoms with Gasteiger partial charge in [0.2, 0.25) is 0 Å². The molecule has 6 heteroatoms. The van der Waals surface area contributed by atoms with E-state index in [0.29, 0.717) is 18.2 Å². The van der Waals surface area contributed by atoms with Crippen molar-refractivity contribution in [1.29, 1.82) is 0 Å². The van der Waals surface area contributed by atoms with Crippen LogP contribution in [0.15, 0.2) is 18.5 Å². The molecule has 0 aliphatic heterocycles. The fourth-order valence-electron chi connectivity index (χ4n) is 1.49. The summed E-state index contributed by atoms with van der Waals surface area (Å²) in [5.74, 6) is 1.74. The van der Waals surface area contributed by atoms with Crippen molar-refractivity contribution in [2.24, 2.45) is 0 Å². The molecule has 0 aliphatic rings. The highest BCUT2D eigenvalue weighted by atomic mass is 16.5. The summed E-state index contributed by atoms with van der Waals surface area (Å²) in [6.45, 7) is 4.98. The summed E-state index contributed by atoms with van der Waals surface area (Å²) < 4.78 is 7.34. The number of nitrogens with two attached hydrogens (primary N) is 1. The molecule has 0 fully saturated rings. The number of aromatic nitrogens is 4. The zero-order valence-corrected chi connectivity index (χ0v) is 9.92. The van der Waals surface area contributed by atoms with Gasteiger partial charge in [-0.3, -0.25) is 0 Å². The van der Waals surface area contributed by atoms with Crippen molar-refractivity contribution in [2.45, 2.75) is 27.0 Å². The van der Waals surface area contributed by atoms with Gasteiger partial charge >= 0.3 is 0 Å². The minimum absolute atomic E-state index is 0.336. The maximum atomic E-state index is 5.75. The van der Waals surface area contributed by atoms with Crippen LogP contribution >= 0.6 is 0 Å². The normalized spacial score (nSPS) is 10.5. The summed E-state index contributed by atoms with van der Waals surface area (Å²) in [5, 5.41) is 4.06. The van der Waals surface area contributed by atoms with E-state index in [1.807, 2.05) is 26.0 Å². The van der Waals surface area contributed by atoms with E-state index in [-0.39, 0.29) is 0 Å². The van der Waals surface area contributed by atoms with Crippen LogP contribution in [0.1, 0.15) is 18.4 Å². The minimum atomic E-state index is 0.336. The quantitative estimate of drug-likeness (QED) is 0.857. The molecule has 0 bridgehead atoms. The molecule has 0 saturated carbocycles. The lowest BCUT2D eigenvalue weighted by atomic mass is 10.3. The van der Waals surface area contributed by atoms with Gasteiger partial charge in [-0.25, -0.2) is 14.6 Å². The van der Waals surface area contributed by atoms with Crippen molar-refractivity contribution in [3.8, 4) is 5.75 Å². The standard InChI is InChI=1S/C11H15N5O/c1-3-16-10(13-7-14-16)6-17-9-5-4-8(2)15-11(9)12/h4-5,7H,3,6H2,1-2H3,(H2,12,15). The monoisotopic (exact) mass is 233 g/mol. The fourth-order valence-corrected chi connectivity index (χ4v) is 1.49. The van der Waals surface area contributed by atoms with Crippen LogP contribution in [0.2, 0.25) is 0 Å². The summed E-state index contributed by atoms with van der Waals surface area (Å²) in [6.07, 6.45) is 1.51. The van der Waals surface area contributed by atoms with Gasteiger partial charge in [-0.1, -0.05) is 0 Å². The first-order chi connectivity index (χ1) is 8.20. The molecule has 0 radical (unpaired) electrons. The average molecular weight is 233 g/mol. The van der Waals surface area contributed by atoms with Crippen molar-refractivity contribution in [1.82, 2.24) is 19.7 Å². The highest BCUT2D eigenvalue weighted by Gasteiger charge is 2.06. The third-order valence-electron chi connectivity index (χ3n) is 2.38. The van der Waals surface area contributed by atoms with Crippen molar-refractivity contribution >= 4 is 5.82 Å². The topological polar surface area (TPSA) is 78.8 Å². The third-order valence-corrected chi connectivity index (χ3v) is 2.38. The summed E-state index contributed by atoms with van der Waals surface area (Å²) in [5.41, 5.74) is 6.62. The summed E-state index contributed by atoms with van der Waals surface area (Å²) in [7, 11) is 0. The Morgan fingerprint density at radius 1 is 1.41 bits per heavy atom. The molecule has 90 valence electrons. The number of ether oxygens (including phenoxy) is 1. The van der Waals surface area contributed by atoms with Crippen LogP contribution in [0.3, 0.4) is 0 Å². The van der Waals surface area contributed by atoms with Gasteiger partial charge in [-0.05, 0) is 26.0 Å². The van der Waals surface area contributed by atoms with Crippen LogP contribution in [0.25, 0.3) is 0 Å². The Bertz CT molecular complexity index is 508. The number of pyridine rings is 1. The zero-order chi connectivity index (χ0) is 12.3. The fraction of sp³-hybridized carbons (Fsp3) is 0.364. The Labute approximate surface area is 99.4 Å². The van der Waals surface area contributed by atoms with Crippen molar-refractivity contribution in [3.63, 3.8) is 0 Å². The summed E-state index contributed by atoms with van der Waals surface area (Å²) >= 11 is 0. The average Bonchev–Trinajstić information content (AvgIpc) is 2.75. The lowest BCUT2D eigenvalue weighted by molar-refractivity contribution is 0.288. The molecule has 2 rings (SSSR count). The third kappa shape index (κ3) is 2.52. The minimum Gasteiger partial charge on any atom is -0.482 e. The Hall–Kier alpha value is -2.11. The molecular formula is C11H15N5O. The van der Waals surface area contributed by atoms with E-state index >= 15 is 0 Å². The van der Waals surface area contributed by atoms with E-state index in [2.05, 4.69) is 15.1 Å². The Kier molecular flexibility index (Phi) is 3.22. The molecule has 2 aromatic heterocycles. The van der Waals surface area contributed by atoms with E-state index < -0.39 is 0 Å². The van der Waals surface area contributed by atoms with Gasteiger partial charge in [-0.15, -0.1) is 0 Å². The van der Waals surface area contributed by atoms with Crippen LogP contribution < -0.4 is 10.5 Å². The smallest absolute Gasteiger partial charge is 0.166 e. The Balaban J connectivity index is 2.07. The molecule has 0 amide bonds. The van der Waals surface area contributed by atoms with Crippen molar-refractivity contribution in [3.05, 3.63) is 30.0 Å². The molecule has 0 aliphatic carbocycles. The molecule has 2 N–H and O–H groups in total. The van der Waals surface area contributed by atoms with Gasteiger partial charge in [0.1, 0.15) is 12.9 Å². The molecule has 0 spiro atoms. The predicted molar refractivity (Wildman–Crippen MR) is 63.4 cm³/mol. The van der Waals surface area contributed by atoms with Crippen LogP contribution in [0, 0.1) is 6.92 Å². The number of nitrogen functional groups attached to an aromatic ring is 1. The van der Waals surface area contributed by atoms with Gasteiger partial charge in [-0.2, -0.15) is 5.10 Å². The number of rotatable bonds is 4. The van der Waals surface area contributed by atoms with E-state index in [1.54, 1.807) is 4.68 Å². The van der Waals surface area contributed by atoms with Crippen LogP contribution in [0.5, 0.6) is 5.75 Å². The number of aryl methyl sites for hydroxylation is 2. The lowest BCUT2D eigenvalue weighted by Gasteiger charge is -2.08. The number of hydrogen-bond donors (Lipinski definition) is 1. The van der Waals surface area contributed by atoms with Gasteiger partial charge in [0, 0.05) is 12.2 Å². The first kappa shape index (κ1) is 11.4. The van der Waals surface area contributed by atoms with E-state index in [0.717, 1.165) is 18.1 Å². The second-order valence-electron chi connectivity index (χ2n) is 3.62. The Morgan fingerprint density at radius 3 is 2.94 bits per heavy atom. The molecule has 0 unspecified atom stereocenters. The van der Waals surface area contributed by atoms with Crippen molar-refractivity contribution < 1.29 is 4.74 Å². The van der Waals surface area contributed by atoms with E-state index in [9.17, 15) is 0 Å². The molecule has 2 heterocycles. The first-order valence-electron chi connectivity index (χ1n) is 5.43. The second kappa shape index (κ2) is 4.82. The first-order valence-corrected chi connectivity index (χ1v) is 5.43. The zero-order valence-electron chi connectivity index (χ0n) is 9.92. The molecule has 17 heavy (non-hydrogen) atoms. The molecule has 0 aromatic carbocycles. The Morgan fingerprint density at radius 2 is 2.24 bits per heavy atom. The summed E-state index contributed by atoms with van der Waals surface area (Å²) in [4.78, 5) is 8.24. The molecule has 2 aromatic rings. The highest BCUT2D eigenvalue weighted by molar-refractivity contribution is 5.46. The van der Waals surface area contributed by atoms with Crippen molar-refractivity contribution in [2.75, 3.05) is 5.73 Å². The highest BCUT2D eigenvalue weighted by Crippen LogP contribution is 2.19. The molecule has 6 nitrogen and oxygen atoms in total. The van der Waals surface area contributed by atoms with Crippen LogP contribution in [0.4, 0.5) is 5.82 Å². The SMILES string of the molecule is CCn1ncnc1COc1ccc(C)nc1N. The summed E-state index contributed by atoms with van der Waals surface area (Å²) in [6, 6.07) is 3.67. The van der Waals surface area contributed by atoms with Gasteiger partial charge in [0.05, 0.1) is 0 Å². The number of anilines is 1. The maximum absolute atomic E-state index is 5.75. The lowest BCUT2D eigenvalue weighted by Crippen LogP contribution is -2.08. The largest absolute Gasteiger partial charge is 0.482 e. The number of hydrogen-bond acceptors (Lipinski definition) is 5. The van der Waals surface area contributed by atoms with E-state index in [4.69, 9.17) is 10.5 Å². The van der Waals surface area contributed by atoms with Crippen LogP contribution in [-0.2, 0) is 13.2 Å². The van der Waals surface area contributed by atoms with Gasteiger partial charge in [0.15, 0.2) is 17.4 Å². The predicted octanol–water partition coefficient (Wildman–Crippen LogP) is 1.16. The van der Waals surface area contributed by atoms with Gasteiger partial charge in [0.25, 0.3) is 0 Å². The molecular weight excluding hydrogens is 218 g/mol. The number of nitrogens with zero attached hydrogens (tertiary/aromatic N) is 4. The maximum Gasteiger partial charge on any atom is 0.166 e.